The number of aliphatic hydroxyl groups is 1. The highest BCUT2D eigenvalue weighted by molar-refractivity contribution is 6.30. The van der Waals surface area contributed by atoms with Gasteiger partial charge in [-0.25, -0.2) is 4.98 Å². The number of nitrogen functional groups attached to an aromatic ring is 1. The third kappa shape index (κ3) is 3.31. The van der Waals surface area contributed by atoms with Crippen LogP contribution in [0.2, 0.25) is 5.02 Å². The Hall–Kier alpha value is -1.85. The lowest BCUT2D eigenvalue weighted by Gasteiger charge is -2.31. The Labute approximate surface area is 134 Å². The number of aromatic nitrogens is 2. The van der Waals surface area contributed by atoms with Crippen LogP contribution in [0.15, 0.2) is 30.3 Å². The predicted molar refractivity (Wildman–Crippen MR) is 88.0 cm³/mol. The van der Waals surface area contributed by atoms with E-state index < -0.39 is 0 Å². The summed E-state index contributed by atoms with van der Waals surface area (Å²) in [4.78, 5) is 10.6. The van der Waals surface area contributed by atoms with Crippen molar-refractivity contribution in [2.45, 2.75) is 31.4 Å². The molecule has 0 amide bonds. The third-order valence-corrected chi connectivity index (χ3v) is 4.22. The molecule has 1 aromatic heterocycles. The normalized spacial score (nSPS) is 20.5. The molecule has 2 aromatic rings. The zero-order valence-corrected chi connectivity index (χ0v) is 13.2. The van der Waals surface area contributed by atoms with Crippen molar-refractivity contribution in [2.24, 2.45) is 0 Å². The van der Waals surface area contributed by atoms with Gasteiger partial charge < -0.3 is 15.7 Å². The molecule has 3 N–H and O–H groups in total. The van der Waals surface area contributed by atoms with Crippen LogP contribution in [0.5, 0.6) is 0 Å². The first-order valence-corrected chi connectivity index (χ1v) is 7.67. The largest absolute Gasteiger partial charge is 0.393 e. The number of halogens is 1. The maximum atomic E-state index is 9.45. The molecule has 0 bridgehead atoms. The van der Waals surface area contributed by atoms with Gasteiger partial charge in [-0.15, -0.1) is 0 Å². The van der Waals surface area contributed by atoms with E-state index in [4.69, 9.17) is 17.3 Å². The average Bonchev–Trinajstić information content (AvgIpc) is 2.43. The summed E-state index contributed by atoms with van der Waals surface area (Å²) >= 11 is 6.02. The minimum absolute atomic E-state index is 0.214. The fourth-order valence-electron chi connectivity index (χ4n) is 2.70. The average molecular weight is 319 g/mol. The molecule has 1 saturated carbocycles. The highest BCUT2D eigenvalue weighted by Crippen LogP contribution is 2.36. The van der Waals surface area contributed by atoms with E-state index in [1.165, 1.54) is 0 Å². The number of nitrogens with zero attached hydrogens (tertiary/aromatic N) is 3. The third-order valence-electron chi connectivity index (χ3n) is 3.98. The van der Waals surface area contributed by atoms with Crippen molar-refractivity contribution >= 4 is 23.4 Å². The molecular weight excluding hydrogens is 300 g/mol. The van der Waals surface area contributed by atoms with Gasteiger partial charge in [-0.1, -0.05) is 23.7 Å². The first-order chi connectivity index (χ1) is 10.5. The van der Waals surface area contributed by atoms with E-state index in [-0.39, 0.29) is 18.0 Å². The van der Waals surface area contributed by atoms with Gasteiger partial charge in [-0.3, -0.25) is 0 Å². The molecule has 0 aliphatic heterocycles. The van der Waals surface area contributed by atoms with Gasteiger partial charge in [0.2, 0.25) is 5.95 Å². The second-order valence-corrected chi connectivity index (χ2v) is 6.25. The Bertz CT molecular complexity index is 673. The molecular formula is C16H19ClN4O. The lowest BCUT2D eigenvalue weighted by atomic mass is 9.80. The lowest BCUT2D eigenvalue weighted by molar-refractivity contribution is 0.0732. The van der Waals surface area contributed by atoms with Crippen LogP contribution in [0.3, 0.4) is 0 Å². The van der Waals surface area contributed by atoms with Gasteiger partial charge in [0.25, 0.3) is 0 Å². The summed E-state index contributed by atoms with van der Waals surface area (Å²) in [6.07, 6.45) is 1.27. The highest BCUT2D eigenvalue weighted by atomic mass is 35.5. The molecule has 5 nitrogen and oxygen atoms in total. The van der Waals surface area contributed by atoms with Gasteiger partial charge in [0, 0.05) is 30.6 Å². The van der Waals surface area contributed by atoms with Gasteiger partial charge in [-0.05, 0) is 30.5 Å². The maximum Gasteiger partial charge on any atom is 0.222 e. The van der Waals surface area contributed by atoms with E-state index in [1.807, 2.05) is 42.3 Å². The van der Waals surface area contributed by atoms with Crippen LogP contribution in [-0.4, -0.2) is 28.2 Å². The Morgan fingerprint density at radius 1 is 1.32 bits per heavy atom. The molecule has 3 rings (SSSR count). The monoisotopic (exact) mass is 318 g/mol. The molecule has 0 unspecified atom stereocenters. The molecule has 1 aliphatic rings. The topological polar surface area (TPSA) is 75.3 Å². The molecule has 1 fully saturated rings. The molecule has 6 heteroatoms. The first kappa shape index (κ1) is 15.1. The molecule has 22 heavy (non-hydrogen) atoms. The molecule has 0 atom stereocenters. The predicted octanol–water partition coefficient (Wildman–Crippen LogP) is 2.59. The number of hydrogen-bond acceptors (Lipinski definition) is 5. The van der Waals surface area contributed by atoms with E-state index in [0.717, 1.165) is 34.9 Å². The van der Waals surface area contributed by atoms with Crippen LogP contribution < -0.4 is 10.6 Å². The Morgan fingerprint density at radius 2 is 2.09 bits per heavy atom. The number of anilines is 2. The number of aliphatic hydroxyl groups excluding tert-OH is 1. The maximum absolute atomic E-state index is 9.45. The van der Waals surface area contributed by atoms with Crippen molar-refractivity contribution in [3.63, 3.8) is 0 Å². The smallest absolute Gasteiger partial charge is 0.222 e. The van der Waals surface area contributed by atoms with Gasteiger partial charge in [0.05, 0.1) is 11.8 Å². The van der Waals surface area contributed by atoms with Crippen LogP contribution in [0.25, 0.3) is 0 Å². The van der Waals surface area contributed by atoms with Gasteiger partial charge >= 0.3 is 0 Å². The number of nitrogens with two attached hydrogens (primary N) is 1. The minimum Gasteiger partial charge on any atom is -0.393 e. The molecule has 1 heterocycles. The summed E-state index contributed by atoms with van der Waals surface area (Å²) in [5.41, 5.74) is 7.85. The molecule has 0 spiro atoms. The van der Waals surface area contributed by atoms with Crippen molar-refractivity contribution in [3.8, 4) is 0 Å². The standard InChI is InChI=1S/C16H19ClN4O/c1-21(9-10-3-2-4-12(17)5-10)15-8-14(19-16(18)20-15)11-6-13(22)7-11/h2-5,8,11,13,22H,6-7,9H2,1H3,(H2,18,19,20). The van der Waals surface area contributed by atoms with Gasteiger partial charge in [-0.2, -0.15) is 4.98 Å². The fourth-order valence-corrected chi connectivity index (χ4v) is 2.91. The van der Waals surface area contributed by atoms with Crippen LogP contribution in [0.1, 0.15) is 30.0 Å². The van der Waals surface area contributed by atoms with E-state index in [2.05, 4.69) is 9.97 Å². The highest BCUT2D eigenvalue weighted by Gasteiger charge is 2.30. The number of benzene rings is 1. The Morgan fingerprint density at radius 3 is 2.77 bits per heavy atom. The molecule has 116 valence electrons. The van der Waals surface area contributed by atoms with Gasteiger partial charge in [0.15, 0.2) is 0 Å². The summed E-state index contributed by atoms with van der Waals surface area (Å²) in [6.45, 7) is 0.684. The summed E-state index contributed by atoms with van der Waals surface area (Å²) in [5.74, 6) is 1.33. The fraction of sp³-hybridized carbons (Fsp3) is 0.375. The van der Waals surface area contributed by atoms with E-state index >= 15 is 0 Å². The second kappa shape index (κ2) is 6.10. The summed E-state index contributed by atoms with van der Waals surface area (Å²) in [5, 5.41) is 10.2. The van der Waals surface area contributed by atoms with Crippen molar-refractivity contribution in [1.82, 2.24) is 9.97 Å². The lowest BCUT2D eigenvalue weighted by Crippen LogP contribution is -2.28. The zero-order chi connectivity index (χ0) is 15.7. The van der Waals surface area contributed by atoms with Crippen LogP contribution >= 0.6 is 11.6 Å². The van der Waals surface area contributed by atoms with Crippen LogP contribution in [-0.2, 0) is 6.54 Å². The summed E-state index contributed by atoms with van der Waals surface area (Å²) in [7, 11) is 1.96. The van der Waals surface area contributed by atoms with E-state index in [0.29, 0.717) is 6.54 Å². The second-order valence-electron chi connectivity index (χ2n) is 5.82. The number of hydrogen-bond donors (Lipinski definition) is 2. The minimum atomic E-state index is -0.214. The molecule has 1 aliphatic carbocycles. The Kier molecular flexibility index (Phi) is 4.18. The van der Waals surface area contributed by atoms with Crippen LogP contribution in [0, 0.1) is 0 Å². The summed E-state index contributed by atoms with van der Waals surface area (Å²) in [6, 6.07) is 9.70. The van der Waals surface area contributed by atoms with E-state index in [1.54, 1.807) is 0 Å². The van der Waals surface area contributed by atoms with Crippen molar-refractivity contribution in [3.05, 3.63) is 46.6 Å². The number of rotatable bonds is 4. The summed E-state index contributed by atoms with van der Waals surface area (Å²) < 4.78 is 0. The molecule has 0 radical (unpaired) electrons. The van der Waals surface area contributed by atoms with Crippen LogP contribution in [0.4, 0.5) is 11.8 Å². The SMILES string of the molecule is CN(Cc1cccc(Cl)c1)c1cc(C2CC(O)C2)nc(N)n1. The quantitative estimate of drug-likeness (QED) is 0.906. The Balaban J connectivity index is 1.78. The van der Waals surface area contributed by atoms with Gasteiger partial charge in [0.1, 0.15) is 5.82 Å². The van der Waals surface area contributed by atoms with Crippen molar-refractivity contribution in [1.29, 1.82) is 0 Å². The van der Waals surface area contributed by atoms with E-state index in [9.17, 15) is 5.11 Å². The first-order valence-electron chi connectivity index (χ1n) is 7.29. The molecule has 1 aromatic carbocycles. The zero-order valence-electron chi connectivity index (χ0n) is 12.4. The molecule has 0 saturated heterocycles. The van der Waals surface area contributed by atoms with Crippen molar-refractivity contribution < 1.29 is 5.11 Å². The van der Waals surface area contributed by atoms with Crippen molar-refractivity contribution in [2.75, 3.05) is 17.7 Å².